The molecule has 0 radical (unpaired) electrons. The van der Waals surface area contributed by atoms with Gasteiger partial charge in [-0.15, -0.1) is 5.10 Å². The maximum Gasteiger partial charge on any atom is 0.124 e. The third-order valence-electron chi connectivity index (χ3n) is 3.25. The average Bonchev–Trinajstić information content (AvgIpc) is 2.93. The fraction of sp³-hybridized carbons (Fsp3) is 0.467. The SMILES string of the molecule is CCCc1nnsc1C(NCC)c1cc(F)ccc1OC. The molecule has 0 amide bonds. The van der Waals surface area contributed by atoms with Crippen LogP contribution < -0.4 is 10.1 Å². The van der Waals surface area contributed by atoms with Crippen LogP contribution in [0.3, 0.4) is 0 Å². The third kappa shape index (κ3) is 3.57. The van der Waals surface area contributed by atoms with E-state index in [-0.39, 0.29) is 11.9 Å². The van der Waals surface area contributed by atoms with E-state index < -0.39 is 0 Å². The Morgan fingerprint density at radius 3 is 2.86 bits per heavy atom. The molecule has 0 spiro atoms. The van der Waals surface area contributed by atoms with E-state index in [1.54, 1.807) is 13.2 Å². The maximum atomic E-state index is 13.7. The van der Waals surface area contributed by atoms with Gasteiger partial charge in [-0.25, -0.2) is 4.39 Å². The summed E-state index contributed by atoms with van der Waals surface area (Å²) in [5, 5.41) is 7.59. The van der Waals surface area contributed by atoms with Gasteiger partial charge in [0.15, 0.2) is 0 Å². The zero-order chi connectivity index (χ0) is 15.2. The van der Waals surface area contributed by atoms with Gasteiger partial charge in [0.05, 0.1) is 23.7 Å². The highest BCUT2D eigenvalue weighted by molar-refractivity contribution is 7.05. The molecule has 0 aliphatic heterocycles. The van der Waals surface area contributed by atoms with Crippen LogP contribution in [0.1, 0.15) is 42.4 Å². The summed E-state index contributed by atoms with van der Waals surface area (Å²) in [6.45, 7) is 4.88. The Kier molecular flexibility index (Phi) is 5.64. The Labute approximate surface area is 128 Å². The zero-order valence-electron chi connectivity index (χ0n) is 12.5. The van der Waals surface area contributed by atoms with Crippen LogP contribution in [-0.2, 0) is 6.42 Å². The van der Waals surface area contributed by atoms with E-state index in [2.05, 4.69) is 21.8 Å². The monoisotopic (exact) mass is 309 g/mol. The molecule has 0 aliphatic rings. The Balaban J connectivity index is 2.47. The van der Waals surface area contributed by atoms with E-state index in [4.69, 9.17) is 4.74 Å². The van der Waals surface area contributed by atoms with Crippen molar-refractivity contribution in [1.29, 1.82) is 0 Å². The number of aromatic nitrogens is 2. The number of hydrogen-bond acceptors (Lipinski definition) is 5. The van der Waals surface area contributed by atoms with Crippen LogP contribution in [0.4, 0.5) is 4.39 Å². The minimum atomic E-state index is -0.275. The first-order valence-electron chi connectivity index (χ1n) is 7.09. The van der Waals surface area contributed by atoms with E-state index in [9.17, 15) is 4.39 Å². The number of nitrogens with zero attached hydrogens (tertiary/aromatic N) is 2. The van der Waals surface area contributed by atoms with Crippen molar-refractivity contribution in [3.05, 3.63) is 40.2 Å². The summed E-state index contributed by atoms with van der Waals surface area (Å²) in [5.74, 6) is 0.390. The van der Waals surface area contributed by atoms with Crippen molar-refractivity contribution in [2.24, 2.45) is 0 Å². The number of methoxy groups -OCH3 is 1. The second kappa shape index (κ2) is 7.47. The first-order valence-corrected chi connectivity index (χ1v) is 7.86. The van der Waals surface area contributed by atoms with Gasteiger partial charge in [0.25, 0.3) is 0 Å². The van der Waals surface area contributed by atoms with Crippen molar-refractivity contribution < 1.29 is 9.13 Å². The first kappa shape index (κ1) is 15.9. The predicted octanol–water partition coefficient (Wildman–Crippen LogP) is 3.34. The highest BCUT2D eigenvalue weighted by Crippen LogP contribution is 2.33. The molecule has 2 rings (SSSR count). The lowest BCUT2D eigenvalue weighted by Crippen LogP contribution is -2.23. The molecule has 2 aromatic rings. The van der Waals surface area contributed by atoms with Crippen molar-refractivity contribution in [2.45, 2.75) is 32.7 Å². The number of rotatable bonds is 7. The van der Waals surface area contributed by atoms with Gasteiger partial charge < -0.3 is 10.1 Å². The van der Waals surface area contributed by atoms with Gasteiger partial charge in [0.1, 0.15) is 11.6 Å². The van der Waals surface area contributed by atoms with Crippen molar-refractivity contribution in [3.8, 4) is 5.75 Å². The number of hydrogen-bond donors (Lipinski definition) is 1. The fourth-order valence-electron chi connectivity index (χ4n) is 2.32. The molecule has 21 heavy (non-hydrogen) atoms. The summed E-state index contributed by atoms with van der Waals surface area (Å²) in [5.41, 5.74) is 1.75. The second-order valence-corrected chi connectivity index (χ2v) is 5.50. The molecule has 0 saturated carbocycles. The molecular formula is C15H20FN3OS. The van der Waals surface area contributed by atoms with Gasteiger partial charge in [-0.2, -0.15) is 0 Å². The van der Waals surface area contributed by atoms with Gasteiger partial charge in [-0.1, -0.05) is 24.8 Å². The van der Waals surface area contributed by atoms with Gasteiger partial charge in [-0.3, -0.25) is 0 Å². The lowest BCUT2D eigenvalue weighted by atomic mass is 10.0. The summed E-state index contributed by atoms with van der Waals surface area (Å²) in [4.78, 5) is 1.03. The largest absolute Gasteiger partial charge is 0.496 e. The van der Waals surface area contributed by atoms with Crippen LogP contribution in [-0.4, -0.2) is 23.2 Å². The smallest absolute Gasteiger partial charge is 0.124 e. The molecule has 4 nitrogen and oxygen atoms in total. The highest BCUT2D eigenvalue weighted by atomic mass is 32.1. The quantitative estimate of drug-likeness (QED) is 0.852. The van der Waals surface area contributed by atoms with Crippen LogP contribution in [0.15, 0.2) is 18.2 Å². The van der Waals surface area contributed by atoms with Crippen LogP contribution in [0.5, 0.6) is 5.75 Å². The van der Waals surface area contributed by atoms with Crippen molar-refractivity contribution in [2.75, 3.05) is 13.7 Å². The molecule has 1 N–H and O–H groups in total. The summed E-state index contributed by atoms with van der Waals surface area (Å²) in [7, 11) is 1.59. The van der Waals surface area contributed by atoms with Gasteiger partial charge in [0, 0.05) is 5.56 Å². The molecule has 1 atom stereocenters. The van der Waals surface area contributed by atoms with Crippen molar-refractivity contribution in [1.82, 2.24) is 14.9 Å². The fourth-order valence-corrected chi connectivity index (χ4v) is 3.12. The Morgan fingerprint density at radius 2 is 2.19 bits per heavy atom. The number of aryl methyl sites for hydroxylation is 1. The lowest BCUT2D eigenvalue weighted by Gasteiger charge is -2.20. The van der Waals surface area contributed by atoms with Gasteiger partial charge in [0.2, 0.25) is 0 Å². The molecule has 1 unspecified atom stereocenters. The Bertz CT molecular complexity index is 588. The molecule has 0 aliphatic carbocycles. The molecule has 6 heteroatoms. The normalized spacial score (nSPS) is 12.4. The predicted molar refractivity (Wildman–Crippen MR) is 82.4 cm³/mol. The third-order valence-corrected chi connectivity index (χ3v) is 4.08. The van der Waals surface area contributed by atoms with Crippen molar-refractivity contribution in [3.63, 3.8) is 0 Å². The molecule has 0 saturated heterocycles. The number of benzene rings is 1. The molecule has 1 heterocycles. The van der Waals surface area contributed by atoms with Gasteiger partial charge in [-0.05, 0) is 42.7 Å². The summed E-state index contributed by atoms with van der Waals surface area (Å²) in [6.07, 6.45) is 1.86. The van der Waals surface area contributed by atoms with Crippen molar-refractivity contribution >= 4 is 11.5 Å². The molecule has 0 fully saturated rings. The molecule has 114 valence electrons. The zero-order valence-corrected chi connectivity index (χ0v) is 13.3. The van der Waals surface area contributed by atoms with Gasteiger partial charge >= 0.3 is 0 Å². The number of nitrogens with one attached hydrogen (secondary N) is 1. The number of ether oxygens (including phenoxy) is 1. The average molecular weight is 309 g/mol. The first-order chi connectivity index (χ1) is 10.2. The van der Waals surface area contributed by atoms with E-state index in [0.717, 1.165) is 35.5 Å². The van der Waals surface area contributed by atoms with Crippen LogP contribution in [0.25, 0.3) is 0 Å². The minimum absolute atomic E-state index is 0.151. The molecular weight excluding hydrogens is 289 g/mol. The summed E-state index contributed by atoms with van der Waals surface area (Å²) in [6, 6.07) is 4.43. The maximum absolute atomic E-state index is 13.7. The topological polar surface area (TPSA) is 47.0 Å². The van der Waals surface area contributed by atoms with Crippen LogP contribution >= 0.6 is 11.5 Å². The van der Waals surface area contributed by atoms with E-state index in [1.165, 1.54) is 23.7 Å². The molecule has 1 aromatic heterocycles. The summed E-state index contributed by atoms with van der Waals surface area (Å²) >= 11 is 1.36. The second-order valence-electron chi connectivity index (χ2n) is 4.71. The molecule has 0 bridgehead atoms. The minimum Gasteiger partial charge on any atom is -0.496 e. The van der Waals surface area contributed by atoms with Crippen LogP contribution in [0.2, 0.25) is 0 Å². The van der Waals surface area contributed by atoms with E-state index >= 15 is 0 Å². The Morgan fingerprint density at radius 1 is 1.38 bits per heavy atom. The molecule has 1 aromatic carbocycles. The van der Waals surface area contributed by atoms with E-state index in [0.29, 0.717) is 5.75 Å². The van der Waals surface area contributed by atoms with E-state index in [1.807, 2.05) is 6.92 Å². The highest BCUT2D eigenvalue weighted by Gasteiger charge is 2.23. The standard InChI is InChI=1S/C15H20FN3OS/c1-4-6-12-15(21-19-18-12)14(17-5-2)11-9-10(16)7-8-13(11)20-3/h7-9,14,17H,4-6H2,1-3H3. The summed E-state index contributed by atoms with van der Waals surface area (Å²) < 4.78 is 23.1. The lowest BCUT2D eigenvalue weighted by molar-refractivity contribution is 0.403. The Hall–Kier alpha value is -1.53. The number of halogens is 1. The van der Waals surface area contributed by atoms with Crippen LogP contribution in [0, 0.1) is 5.82 Å².